The lowest BCUT2D eigenvalue weighted by molar-refractivity contribution is -0.148. The Labute approximate surface area is 118 Å². The number of carbonyl (C=O) groups is 2. The summed E-state index contributed by atoms with van der Waals surface area (Å²) < 4.78 is 5.47. The molecule has 2 atom stereocenters. The Kier molecular flexibility index (Phi) is 3.96. The lowest BCUT2D eigenvalue weighted by Crippen LogP contribution is -2.66. The maximum atomic E-state index is 12.1. The smallest absolute Gasteiger partial charge is 0.246 e. The van der Waals surface area contributed by atoms with Crippen LogP contribution in [0.2, 0.25) is 0 Å². The lowest BCUT2D eigenvalue weighted by atomic mass is 9.91. The first-order chi connectivity index (χ1) is 9.37. The Morgan fingerprint density at radius 1 is 1.50 bits per heavy atom. The van der Waals surface area contributed by atoms with Crippen LogP contribution in [0, 0.1) is 0 Å². The van der Waals surface area contributed by atoms with E-state index in [0.717, 1.165) is 0 Å². The Morgan fingerprint density at radius 3 is 2.75 bits per heavy atom. The Bertz CT molecular complexity index is 496. The molecule has 0 bridgehead atoms. The monoisotopic (exact) mass is 279 g/mol. The molecule has 0 radical (unpaired) electrons. The molecule has 2 amide bonds. The molecule has 2 unspecified atom stereocenters. The zero-order valence-corrected chi connectivity index (χ0v) is 12.1. The molecule has 1 aromatic heterocycles. The number of hydrogen-bond acceptors (Lipinski definition) is 5. The minimum atomic E-state index is -0.821. The van der Waals surface area contributed by atoms with Crippen molar-refractivity contribution in [3.63, 3.8) is 0 Å². The second-order valence-electron chi connectivity index (χ2n) is 5.60. The van der Waals surface area contributed by atoms with E-state index in [4.69, 9.17) is 10.2 Å². The lowest BCUT2D eigenvalue weighted by Gasteiger charge is -2.45. The fourth-order valence-corrected chi connectivity index (χ4v) is 2.53. The molecule has 6 nitrogen and oxygen atoms in total. The van der Waals surface area contributed by atoms with Gasteiger partial charge in [-0.2, -0.15) is 0 Å². The number of amides is 2. The largest absolute Gasteiger partial charge is 0.468 e. The third kappa shape index (κ3) is 2.48. The van der Waals surface area contributed by atoms with Gasteiger partial charge in [-0.05, 0) is 32.4 Å². The Hall–Kier alpha value is -1.66. The summed E-state index contributed by atoms with van der Waals surface area (Å²) in [6.45, 7) is 5.66. The van der Waals surface area contributed by atoms with Crippen LogP contribution in [0.25, 0.3) is 0 Å². The number of nitrogens with two attached hydrogens (primary N) is 1. The predicted octanol–water partition coefficient (Wildman–Crippen LogP) is 0.795. The first kappa shape index (κ1) is 14.7. The highest BCUT2D eigenvalue weighted by Crippen LogP contribution is 2.33. The van der Waals surface area contributed by atoms with Gasteiger partial charge in [-0.1, -0.05) is 6.92 Å². The molecule has 0 aliphatic carbocycles. The van der Waals surface area contributed by atoms with Crippen molar-refractivity contribution >= 4 is 11.8 Å². The first-order valence-corrected chi connectivity index (χ1v) is 6.78. The number of carbonyl (C=O) groups excluding carboxylic acids is 2. The summed E-state index contributed by atoms with van der Waals surface area (Å²) in [6.07, 6.45) is 2.29. The molecule has 1 aliphatic rings. The van der Waals surface area contributed by atoms with E-state index in [9.17, 15) is 9.59 Å². The molecule has 1 aliphatic heterocycles. The highest BCUT2D eigenvalue weighted by molar-refractivity contribution is 6.03. The number of nitrogens with zero attached hydrogens (tertiary/aromatic N) is 1. The minimum absolute atomic E-state index is 0.123. The van der Waals surface area contributed by atoms with Crippen molar-refractivity contribution in [3.8, 4) is 0 Å². The fourth-order valence-electron chi connectivity index (χ4n) is 2.53. The molecule has 1 aromatic rings. The van der Waals surface area contributed by atoms with Gasteiger partial charge in [0, 0.05) is 6.04 Å². The normalized spacial score (nSPS) is 22.4. The summed E-state index contributed by atoms with van der Waals surface area (Å²) in [7, 11) is 0. The van der Waals surface area contributed by atoms with E-state index >= 15 is 0 Å². The number of nitrogens with one attached hydrogen (secondary N) is 1. The first-order valence-electron chi connectivity index (χ1n) is 6.78. The number of hydrogen-bond donors (Lipinski definition) is 2. The van der Waals surface area contributed by atoms with Crippen LogP contribution in [-0.4, -0.2) is 34.8 Å². The predicted molar refractivity (Wildman–Crippen MR) is 73.7 cm³/mol. The van der Waals surface area contributed by atoms with Crippen LogP contribution in [0.1, 0.15) is 39.0 Å². The van der Waals surface area contributed by atoms with Crippen molar-refractivity contribution in [2.75, 3.05) is 6.54 Å². The summed E-state index contributed by atoms with van der Waals surface area (Å²) >= 11 is 0. The molecule has 6 heteroatoms. The third-order valence-corrected chi connectivity index (χ3v) is 3.89. The highest BCUT2D eigenvalue weighted by atomic mass is 16.3. The summed E-state index contributed by atoms with van der Waals surface area (Å²) in [5, 5.41) is 2.37. The van der Waals surface area contributed by atoms with Gasteiger partial charge in [0.05, 0.1) is 24.4 Å². The van der Waals surface area contributed by atoms with Gasteiger partial charge in [-0.3, -0.25) is 19.8 Å². The zero-order valence-electron chi connectivity index (χ0n) is 12.1. The van der Waals surface area contributed by atoms with Crippen LogP contribution in [0.3, 0.4) is 0 Å². The summed E-state index contributed by atoms with van der Waals surface area (Å²) in [5.74, 6) is 0.0534. The van der Waals surface area contributed by atoms with Gasteiger partial charge in [0.25, 0.3) is 0 Å². The van der Waals surface area contributed by atoms with E-state index in [-0.39, 0.29) is 30.4 Å². The SMILES string of the molecule is CCC(N)C(c1ccco1)N1CC(=O)NC(=O)C1(C)C. The Balaban J connectivity index is 2.41. The number of furan rings is 1. The van der Waals surface area contributed by atoms with Crippen molar-refractivity contribution in [2.45, 2.75) is 44.8 Å². The fraction of sp³-hybridized carbons (Fsp3) is 0.571. The van der Waals surface area contributed by atoms with Crippen LogP contribution in [0.5, 0.6) is 0 Å². The van der Waals surface area contributed by atoms with E-state index in [1.807, 2.05) is 17.9 Å². The maximum absolute atomic E-state index is 12.1. The molecule has 0 saturated carbocycles. The molecular weight excluding hydrogens is 258 g/mol. The van der Waals surface area contributed by atoms with Crippen LogP contribution < -0.4 is 11.1 Å². The van der Waals surface area contributed by atoms with Crippen molar-refractivity contribution in [2.24, 2.45) is 5.73 Å². The van der Waals surface area contributed by atoms with Crippen molar-refractivity contribution in [1.29, 1.82) is 0 Å². The van der Waals surface area contributed by atoms with E-state index in [2.05, 4.69) is 5.32 Å². The minimum Gasteiger partial charge on any atom is -0.468 e. The second-order valence-corrected chi connectivity index (χ2v) is 5.60. The topological polar surface area (TPSA) is 88.6 Å². The summed E-state index contributed by atoms with van der Waals surface area (Å²) in [4.78, 5) is 25.6. The van der Waals surface area contributed by atoms with Gasteiger partial charge in [0.15, 0.2) is 0 Å². The molecule has 110 valence electrons. The van der Waals surface area contributed by atoms with Crippen LogP contribution in [0.15, 0.2) is 22.8 Å². The number of rotatable bonds is 4. The molecule has 2 rings (SSSR count). The summed E-state index contributed by atoms with van der Waals surface area (Å²) in [6, 6.07) is 3.08. The molecule has 1 fully saturated rings. The third-order valence-electron chi connectivity index (χ3n) is 3.89. The average Bonchev–Trinajstić information content (AvgIpc) is 2.89. The number of piperazine rings is 1. The van der Waals surface area contributed by atoms with Gasteiger partial charge in [0.1, 0.15) is 5.76 Å². The molecule has 20 heavy (non-hydrogen) atoms. The second kappa shape index (κ2) is 5.38. The number of imide groups is 1. The van der Waals surface area contributed by atoms with Crippen molar-refractivity contribution < 1.29 is 14.0 Å². The van der Waals surface area contributed by atoms with Crippen molar-refractivity contribution in [1.82, 2.24) is 10.2 Å². The van der Waals surface area contributed by atoms with Gasteiger partial charge >= 0.3 is 0 Å². The molecule has 3 N–H and O–H groups in total. The summed E-state index contributed by atoms with van der Waals surface area (Å²) in [5.41, 5.74) is 5.39. The zero-order chi connectivity index (χ0) is 14.9. The van der Waals surface area contributed by atoms with E-state index in [1.54, 1.807) is 26.2 Å². The van der Waals surface area contributed by atoms with E-state index < -0.39 is 5.54 Å². The molecule has 0 aromatic carbocycles. The highest BCUT2D eigenvalue weighted by Gasteiger charge is 2.46. The molecular formula is C14H21N3O3. The van der Waals surface area contributed by atoms with Gasteiger partial charge in [-0.15, -0.1) is 0 Å². The molecule has 2 heterocycles. The Morgan fingerprint density at radius 2 is 2.20 bits per heavy atom. The van der Waals surface area contributed by atoms with E-state index in [0.29, 0.717) is 12.2 Å². The van der Waals surface area contributed by atoms with E-state index in [1.165, 1.54) is 0 Å². The van der Waals surface area contributed by atoms with Gasteiger partial charge in [-0.25, -0.2) is 0 Å². The molecule has 1 saturated heterocycles. The van der Waals surface area contributed by atoms with Crippen LogP contribution in [0.4, 0.5) is 0 Å². The quantitative estimate of drug-likeness (QED) is 0.796. The van der Waals surface area contributed by atoms with Crippen molar-refractivity contribution in [3.05, 3.63) is 24.2 Å². The average molecular weight is 279 g/mol. The van der Waals surface area contributed by atoms with Gasteiger partial charge in [0.2, 0.25) is 11.8 Å². The maximum Gasteiger partial charge on any atom is 0.246 e. The molecule has 0 spiro atoms. The van der Waals surface area contributed by atoms with Crippen LogP contribution >= 0.6 is 0 Å². The standard InChI is InChI=1S/C14H21N3O3/c1-4-9(15)12(10-6-5-7-20-10)17-8-11(18)16-13(19)14(17,2)3/h5-7,9,12H,4,8,15H2,1-3H3,(H,16,18,19). The van der Waals surface area contributed by atoms with Gasteiger partial charge < -0.3 is 10.2 Å². The van der Waals surface area contributed by atoms with Crippen LogP contribution in [-0.2, 0) is 9.59 Å².